The number of nitrogens with zero attached hydrogens (tertiary/aromatic N) is 3. The number of aromatic nitrogens is 2. The second-order valence-electron chi connectivity index (χ2n) is 6.69. The van der Waals surface area contributed by atoms with Crippen LogP contribution in [0.3, 0.4) is 0 Å². The van der Waals surface area contributed by atoms with E-state index in [-0.39, 0.29) is 11.2 Å². The van der Waals surface area contributed by atoms with E-state index in [1.165, 1.54) is 12.6 Å². The molecule has 2 aromatic rings. The van der Waals surface area contributed by atoms with Gasteiger partial charge in [0, 0.05) is 38.4 Å². The second-order valence-corrected chi connectivity index (χ2v) is 6.69. The summed E-state index contributed by atoms with van der Waals surface area (Å²) in [5, 5.41) is 0. The topological polar surface area (TPSA) is 56.5 Å². The average Bonchev–Trinajstić information content (AvgIpc) is 3.05. The van der Waals surface area contributed by atoms with Gasteiger partial charge in [0.05, 0.1) is 7.11 Å². The van der Waals surface area contributed by atoms with Crippen LogP contribution in [0.15, 0.2) is 39.9 Å². The van der Waals surface area contributed by atoms with Crippen LogP contribution in [0.5, 0.6) is 5.75 Å². The minimum atomic E-state index is -0.270. The fraction of sp³-hybridized carbons (Fsp3) is 0.474. The molecule has 0 spiro atoms. The van der Waals surface area contributed by atoms with Gasteiger partial charge in [0.25, 0.3) is 5.56 Å². The van der Waals surface area contributed by atoms with Gasteiger partial charge in [-0.3, -0.25) is 18.8 Å². The third kappa shape index (κ3) is 3.69. The highest BCUT2D eigenvalue weighted by Gasteiger charge is 2.25. The summed E-state index contributed by atoms with van der Waals surface area (Å²) in [6.45, 7) is 1.62. The molecule has 6 nitrogen and oxygen atoms in total. The summed E-state index contributed by atoms with van der Waals surface area (Å²) in [6, 6.07) is 10.2. The van der Waals surface area contributed by atoms with Gasteiger partial charge in [-0.1, -0.05) is 12.1 Å². The van der Waals surface area contributed by atoms with Gasteiger partial charge in [0.15, 0.2) is 0 Å². The molecule has 0 bridgehead atoms. The summed E-state index contributed by atoms with van der Waals surface area (Å²) in [5.74, 6) is 0.863. The Morgan fingerprint density at radius 1 is 1.12 bits per heavy atom. The number of likely N-dealkylation sites (tertiary alicyclic amines) is 1. The third-order valence-electron chi connectivity index (χ3n) is 5.12. The van der Waals surface area contributed by atoms with Gasteiger partial charge in [0.1, 0.15) is 5.75 Å². The van der Waals surface area contributed by atoms with Crippen LogP contribution in [0.1, 0.15) is 24.1 Å². The highest BCUT2D eigenvalue weighted by molar-refractivity contribution is 5.27. The van der Waals surface area contributed by atoms with E-state index in [1.54, 1.807) is 24.8 Å². The van der Waals surface area contributed by atoms with E-state index in [4.69, 9.17) is 4.74 Å². The summed E-state index contributed by atoms with van der Waals surface area (Å²) >= 11 is 0. The largest absolute Gasteiger partial charge is 0.497 e. The molecule has 0 aliphatic carbocycles. The first-order chi connectivity index (χ1) is 12.0. The average molecular weight is 343 g/mol. The van der Waals surface area contributed by atoms with Gasteiger partial charge < -0.3 is 4.74 Å². The molecule has 0 unspecified atom stereocenters. The lowest BCUT2D eigenvalue weighted by Crippen LogP contribution is -2.40. The summed E-state index contributed by atoms with van der Waals surface area (Å²) < 4.78 is 7.92. The van der Waals surface area contributed by atoms with E-state index < -0.39 is 0 Å². The molecule has 0 saturated carbocycles. The van der Waals surface area contributed by atoms with Gasteiger partial charge in [-0.2, -0.15) is 0 Å². The second kappa shape index (κ2) is 7.27. The standard InChI is InChI=1S/C19H25N3O3/c1-20-16(12-18(23)21(2)19(20)24)13-22-10-4-5-15(22)11-14-6-8-17(25-3)9-7-14/h6-9,12,15H,4-5,10-11,13H2,1-3H3/t15-/m0/s1. The lowest BCUT2D eigenvalue weighted by molar-refractivity contribution is 0.237. The normalized spacial score (nSPS) is 17.8. The Labute approximate surface area is 147 Å². The molecule has 1 saturated heterocycles. The number of rotatable bonds is 5. The molecule has 3 rings (SSSR count). The lowest BCUT2D eigenvalue weighted by atomic mass is 10.0. The predicted molar refractivity (Wildman–Crippen MR) is 97.1 cm³/mol. The van der Waals surface area contributed by atoms with Crippen LogP contribution in [0, 0.1) is 0 Å². The molecule has 25 heavy (non-hydrogen) atoms. The number of hydrogen-bond acceptors (Lipinski definition) is 4. The van der Waals surface area contributed by atoms with Crippen LogP contribution in [-0.2, 0) is 27.1 Å². The first-order valence-corrected chi connectivity index (χ1v) is 8.62. The first-order valence-electron chi connectivity index (χ1n) is 8.62. The molecule has 1 fully saturated rings. The monoisotopic (exact) mass is 343 g/mol. The quantitative estimate of drug-likeness (QED) is 0.821. The van der Waals surface area contributed by atoms with E-state index >= 15 is 0 Å². The van der Waals surface area contributed by atoms with Gasteiger partial charge in [0.2, 0.25) is 0 Å². The minimum absolute atomic E-state index is 0.246. The van der Waals surface area contributed by atoms with Gasteiger partial charge in [-0.15, -0.1) is 0 Å². The van der Waals surface area contributed by atoms with Crippen molar-refractivity contribution in [3.05, 3.63) is 62.4 Å². The Morgan fingerprint density at radius 3 is 2.52 bits per heavy atom. The fourth-order valence-electron chi connectivity index (χ4n) is 3.51. The van der Waals surface area contributed by atoms with E-state index in [0.717, 1.165) is 41.8 Å². The van der Waals surface area contributed by atoms with Crippen molar-refractivity contribution < 1.29 is 4.74 Å². The molecule has 1 aliphatic rings. The van der Waals surface area contributed by atoms with E-state index in [2.05, 4.69) is 17.0 Å². The van der Waals surface area contributed by atoms with Crippen molar-refractivity contribution in [2.24, 2.45) is 14.1 Å². The minimum Gasteiger partial charge on any atom is -0.497 e. The van der Waals surface area contributed by atoms with Crippen molar-refractivity contribution in [3.63, 3.8) is 0 Å². The molecule has 2 heterocycles. The predicted octanol–water partition coefficient (Wildman–Crippen LogP) is 1.30. The van der Waals surface area contributed by atoms with E-state index in [9.17, 15) is 9.59 Å². The van der Waals surface area contributed by atoms with Crippen molar-refractivity contribution >= 4 is 0 Å². The zero-order chi connectivity index (χ0) is 18.0. The zero-order valence-corrected chi connectivity index (χ0v) is 15.1. The van der Waals surface area contributed by atoms with Gasteiger partial charge in [-0.25, -0.2) is 4.79 Å². The van der Waals surface area contributed by atoms with Crippen LogP contribution < -0.4 is 16.0 Å². The SMILES string of the molecule is COc1ccc(C[C@@H]2CCCN2Cc2cc(=O)n(C)c(=O)n2C)cc1. The molecular formula is C19H25N3O3. The number of hydrogen-bond donors (Lipinski definition) is 0. The van der Waals surface area contributed by atoms with E-state index in [0.29, 0.717) is 12.6 Å². The molecule has 0 amide bonds. The summed E-state index contributed by atoms with van der Waals surface area (Å²) in [7, 11) is 4.91. The fourth-order valence-corrected chi connectivity index (χ4v) is 3.51. The number of methoxy groups -OCH3 is 1. The number of ether oxygens (including phenoxy) is 1. The maximum Gasteiger partial charge on any atom is 0.330 e. The zero-order valence-electron chi connectivity index (χ0n) is 15.1. The smallest absolute Gasteiger partial charge is 0.330 e. The number of benzene rings is 1. The molecule has 0 radical (unpaired) electrons. The van der Waals surface area contributed by atoms with Crippen molar-refractivity contribution in [1.29, 1.82) is 0 Å². The Bertz CT molecular complexity index is 852. The van der Waals surface area contributed by atoms with E-state index in [1.807, 2.05) is 12.1 Å². The van der Waals surface area contributed by atoms with Crippen LogP contribution in [0.2, 0.25) is 0 Å². The Hall–Kier alpha value is -2.34. The van der Waals surface area contributed by atoms with Crippen molar-refractivity contribution in [2.45, 2.75) is 31.8 Å². The van der Waals surface area contributed by atoms with Crippen LogP contribution >= 0.6 is 0 Å². The Kier molecular flexibility index (Phi) is 5.08. The molecule has 134 valence electrons. The summed E-state index contributed by atoms with van der Waals surface area (Å²) in [6.07, 6.45) is 3.23. The summed E-state index contributed by atoms with van der Waals surface area (Å²) in [5.41, 5.74) is 1.53. The molecule has 1 atom stereocenters. The highest BCUT2D eigenvalue weighted by atomic mass is 16.5. The third-order valence-corrected chi connectivity index (χ3v) is 5.12. The lowest BCUT2D eigenvalue weighted by Gasteiger charge is -2.25. The molecular weight excluding hydrogens is 318 g/mol. The van der Waals surface area contributed by atoms with Gasteiger partial charge in [-0.05, 0) is 43.5 Å². The highest BCUT2D eigenvalue weighted by Crippen LogP contribution is 2.23. The Morgan fingerprint density at radius 2 is 1.84 bits per heavy atom. The van der Waals surface area contributed by atoms with Crippen LogP contribution in [0.25, 0.3) is 0 Å². The first kappa shape index (κ1) is 17.5. The molecule has 1 aliphatic heterocycles. The Balaban J connectivity index is 1.76. The van der Waals surface area contributed by atoms with Gasteiger partial charge >= 0.3 is 5.69 Å². The van der Waals surface area contributed by atoms with Crippen LogP contribution in [-0.4, -0.2) is 33.7 Å². The maximum absolute atomic E-state index is 12.1. The summed E-state index contributed by atoms with van der Waals surface area (Å²) in [4.78, 5) is 26.4. The molecule has 6 heteroatoms. The maximum atomic E-state index is 12.1. The molecule has 0 N–H and O–H groups in total. The van der Waals surface area contributed by atoms with Crippen LogP contribution in [0.4, 0.5) is 0 Å². The molecule has 1 aromatic heterocycles. The van der Waals surface area contributed by atoms with Crippen molar-refractivity contribution in [1.82, 2.24) is 14.0 Å². The molecule has 1 aromatic carbocycles. The van der Waals surface area contributed by atoms with Crippen molar-refractivity contribution in [2.75, 3.05) is 13.7 Å². The van der Waals surface area contributed by atoms with Crippen molar-refractivity contribution in [3.8, 4) is 5.75 Å².